The first-order chi connectivity index (χ1) is 12.2. The van der Waals surface area contributed by atoms with E-state index in [2.05, 4.69) is 15.3 Å². The van der Waals surface area contributed by atoms with Crippen LogP contribution < -0.4 is 0 Å². The van der Waals surface area contributed by atoms with Crippen LogP contribution in [0.25, 0.3) is 0 Å². The SMILES string of the molecule is O=C(c1ccnnc1)N1Cc2ccnn2[C@H](C(=O)N2CCCCO2)C1. The normalized spacial score (nSPS) is 20.2. The van der Waals surface area contributed by atoms with Crippen LogP contribution in [0.5, 0.6) is 0 Å². The molecule has 25 heavy (non-hydrogen) atoms. The second kappa shape index (κ2) is 6.60. The highest BCUT2D eigenvalue weighted by Crippen LogP contribution is 2.24. The smallest absolute Gasteiger partial charge is 0.272 e. The maximum atomic E-state index is 12.9. The number of nitrogens with zero attached hydrogens (tertiary/aromatic N) is 6. The minimum Gasteiger partial charge on any atom is -0.330 e. The molecule has 0 aromatic carbocycles. The highest BCUT2D eigenvalue weighted by molar-refractivity contribution is 5.94. The van der Waals surface area contributed by atoms with Gasteiger partial charge in [0.25, 0.3) is 11.8 Å². The first-order valence-corrected chi connectivity index (χ1v) is 8.26. The predicted octanol–water partition coefficient (Wildman–Crippen LogP) is 0.424. The molecular weight excluding hydrogens is 324 g/mol. The molecule has 0 spiro atoms. The lowest BCUT2D eigenvalue weighted by atomic mass is 10.1. The van der Waals surface area contributed by atoms with E-state index in [0.29, 0.717) is 25.3 Å². The number of hydrogen-bond acceptors (Lipinski definition) is 6. The fourth-order valence-electron chi connectivity index (χ4n) is 3.17. The minimum absolute atomic E-state index is 0.171. The highest BCUT2D eigenvalue weighted by atomic mass is 16.7. The number of hydrogen-bond donors (Lipinski definition) is 0. The molecule has 1 fully saturated rings. The van der Waals surface area contributed by atoms with Crippen molar-refractivity contribution in [3.8, 4) is 0 Å². The number of carbonyl (C=O) groups is 2. The van der Waals surface area contributed by atoms with Gasteiger partial charge in [0.2, 0.25) is 0 Å². The molecule has 2 amide bonds. The Bertz CT molecular complexity index is 771. The third-order valence-corrected chi connectivity index (χ3v) is 4.45. The average Bonchev–Trinajstić information content (AvgIpc) is 3.16. The van der Waals surface area contributed by atoms with Crippen molar-refractivity contribution in [2.45, 2.75) is 25.4 Å². The van der Waals surface area contributed by atoms with Crippen molar-refractivity contribution in [3.63, 3.8) is 0 Å². The quantitative estimate of drug-likeness (QED) is 0.785. The van der Waals surface area contributed by atoms with Crippen molar-refractivity contribution >= 4 is 11.8 Å². The molecule has 130 valence electrons. The van der Waals surface area contributed by atoms with Crippen LogP contribution in [-0.2, 0) is 16.2 Å². The second-order valence-electron chi connectivity index (χ2n) is 6.08. The third kappa shape index (κ3) is 2.98. The maximum Gasteiger partial charge on any atom is 0.272 e. The summed E-state index contributed by atoms with van der Waals surface area (Å²) in [6.07, 6.45) is 6.41. The van der Waals surface area contributed by atoms with Gasteiger partial charge in [0.05, 0.1) is 43.3 Å². The molecule has 4 heterocycles. The fraction of sp³-hybridized carbons (Fsp3) is 0.438. The topological polar surface area (TPSA) is 93.5 Å². The van der Waals surface area contributed by atoms with E-state index in [1.54, 1.807) is 21.8 Å². The molecule has 0 bridgehead atoms. The van der Waals surface area contributed by atoms with Crippen LogP contribution in [0, 0.1) is 0 Å². The van der Waals surface area contributed by atoms with Gasteiger partial charge in [-0.25, -0.2) is 5.06 Å². The largest absolute Gasteiger partial charge is 0.330 e. The molecule has 2 aromatic heterocycles. The van der Waals surface area contributed by atoms with Gasteiger partial charge in [-0.1, -0.05) is 0 Å². The lowest BCUT2D eigenvalue weighted by Gasteiger charge is -2.36. The van der Waals surface area contributed by atoms with Crippen LogP contribution in [0.4, 0.5) is 0 Å². The zero-order chi connectivity index (χ0) is 17.2. The Morgan fingerprint density at radius 3 is 2.84 bits per heavy atom. The molecule has 0 N–H and O–H groups in total. The van der Waals surface area contributed by atoms with E-state index < -0.39 is 6.04 Å². The van der Waals surface area contributed by atoms with Gasteiger partial charge in [-0.3, -0.25) is 19.1 Å². The molecule has 0 unspecified atom stereocenters. The number of hydroxylamine groups is 2. The van der Waals surface area contributed by atoms with Gasteiger partial charge < -0.3 is 4.90 Å². The summed E-state index contributed by atoms with van der Waals surface area (Å²) in [5, 5.41) is 13.1. The van der Waals surface area contributed by atoms with Crippen LogP contribution in [0.2, 0.25) is 0 Å². The summed E-state index contributed by atoms with van der Waals surface area (Å²) >= 11 is 0. The van der Waals surface area contributed by atoms with E-state index in [9.17, 15) is 9.59 Å². The zero-order valence-corrected chi connectivity index (χ0v) is 13.6. The Labute approximate surface area is 144 Å². The molecule has 0 radical (unpaired) electrons. The van der Waals surface area contributed by atoms with E-state index in [1.165, 1.54) is 17.5 Å². The van der Waals surface area contributed by atoms with Gasteiger partial charge in [0, 0.05) is 12.7 Å². The Kier molecular flexibility index (Phi) is 4.14. The molecule has 1 atom stereocenters. The summed E-state index contributed by atoms with van der Waals surface area (Å²) in [5.74, 6) is -0.352. The van der Waals surface area contributed by atoms with E-state index in [1.807, 2.05) is 6.07 Å². The standard InChI is InChI=1S/C16H18N6O3/c23-15(12-3-5-17-18-9-12)20-10-13-4-6-19-22(13)14(11-20)16(24)21-7-1-2-8-25-21/h3-6,9,14H,1-2,7-8,10-11H2/t14-/m0/s1. The van der Waals surface area contributed by atoms with Gasteiger partial charge in [0.1, 0.15) is 0 Å². The van der Waals surface area contributed by atoms with E-state index in [-0.39, 0.29) is 18.4 Å². The van der Waals surface area contributed by atoms with Crippen molar-refractivity contribution in [1.29, 1.82) is 0 Å². The molecule has 0 saturated carbocycles. The molecule has 2 aromatic rings. The lowest BCUT2D eigenvalue weighted by Crippen LogP contribution is -2.49. The highest BCUT2D eigenvalue weighted by Gasteiger charge is 2.36. The second-order valence-corrected chi connectivity index (χ2v) is 6.08. The van der Waals surface area contributed by atoms with E-state index >= 15 is 0 Å². The average molecular weight is 342 g/mol. The monoisotopic (exact) mass is 342 g/mol. The van der Waals surface area contributed by atoms with Gasteiger partial charge in [-0.2, -0.15) is 15.3 Å². The third-order valence-electron chi connectivity index (χ3n) is 4.45. The summed E-state index contributed by atoms with van der Waals surface area (Å²) in [6, 6.07) is 2.85. The van der Waals surface area contributed by atoms with Gasteiger partial charge in [-0.15, -0.1) is 0 Å². The molecular formula is C16H18N6O3. The Morgan fingerprint density at radius 1 is 1.16 bits per heavy atom. The molecule has 1 saturated heterocycles. The molecule has 9 nitrogen and oxygen atoms in total. The van der Waals surface area contributed by atoms with E-state index in [4.69, 9.17) is 4.84 Å². The number of carbonyl (C=O) groups excluding carboxylic acids is 2. The molecule has 2 aliphatic heterocycles. The Hall–Kier alpha value is -2.81. The number of amides is 2. The zero-order valence-electron chi connectivity index (χ0n) is 13.6. The van der Waals surface area contributed by atoms with Crippen LogP contribution >= 0.6 is 0 Å². The van der Waals surface area contributed by atoms with Gasteiger partial charge in [0.15, 0.2) is 6.04 Å². The maximum absolute atomic E-state index is 12.9. The van der Waals surface area contributed by atoms with Crippen molar-refractivity contribution in [1.82, 2.24) is 29.9 Å². The van der Waals surface area contributed by atoms with Crippen LogP contribution in [0.15, 0.2) is 30.7 Å². The minimum atomic E-state index is -0.587. The first kappa shape index (κ1) is 15.7. The molecule has 4 rings (SSSR count). The number of aromatic nitrogens is 4. The van der Waals surface area contributed by atoms with Gasteiger partial charge >= 0.3 is 0 Å². The summed E-state index contributed by atoms with van der Waals surface area (Å²) < 4.78 is 1.69. The Balaban J connectivity index is 1.59. The van der Waals surface area contributed by atoms with Crippen molar-refractivity contribution in [2.75, 3.05) is 19.7 Å². The summed E-state index contributed by atoms with van der Waals surface area (Å²) in [4.78, 5) is 32.8. The van der Waals surface area contributed by atoms with Crippen molar-refractivity contribution in [2.24, 2.45) is 0 Å². The van der Waals surface area contributed by atoms with Crippen molar-refractivity contribution in [3.05, 3.63) is 42.0 Å². The summed E-state index contributed by atoms with van der Waals surface area (Å²) in [5.41, 5.74) is 1.26. The van der Waals surface area contributed by atoms with E-state index in [0.717, 1.165) is 18.5 Å². The number of fused-ring (bicyclic) bond motifs is 1. The Morgan fingerprint density at radius 2 is 2.08 bits per heavy atom. The van der Waals surface area contributed by atoms with Gasteiger partial charge in [-0.05, 0) is 25.0 Å². The first-order valence-electron chi connectivity index (χ1n) is 8.26. The molecule has 0 aliphatic carbocycles. The van der Waals surface area contributed by atoms with Crippen molar-refractivity contribution < 1.29 is 14.4 Å². The van der Waals surface area contributed by atoms with Crippen LogP contribution in [0.1, 0.15) is 34.9 Å². The number of rotatable bonds is 2. The predicted molar refractivity (Wildman–Crippen MR) is 84.9 cm³/mol. The van der Waals surface area contributed by atoms with Crippen LogP contribution in [0.3, 0.4) is 0 Å². The summed E-state index contributed by atoms with van der Waals surface area (Å²) in [6.45, 7) is 1.74. The molecule has 2 aliphatic rings. The summed E-state index contributed by atoms with van der Waals surface area (Å²) in [7, 11) is 0. The van der Waals surface area contributed by atoms with Crippen LogP contribution in [-0.4, -0.2) is 61.5 Å². The fourth-order valence-corrected chi connectivity index (χ4v) is 3.17. The molecule has 9 heteroatoms. The lowest BCUT2D eigenvalue weighted by molar-refractivity contribution is -0.201.